The average Bonchev–Trinajstić information content (AvgIpc) is 3.10. The molecule has 4 nitrogen and oxygen atoms in total. The Hall–Kier alpha value is -2.31. The molecule has 0 aliphatic rings. The van der Waals surface area contributed by atoms with Crippen molar-refractivity contribution in [2.75, 3.05) is 5.32 Å². The molecule has 0 atom stereocenters. The molecule has 156 valence electrons. The van der Waals surface area contributed by atoms with E-state index in [1.807, 2.05) is 12.1 Å². The van der Waals surface area contributed by atoms with Gasteiger partial charge in [0.25, 0.3) is 0 Å². The van der Waals surface area contributed by atoms with E-state index >= 15 is 0 Å². The van der Waals surface area contributed by atoms with Crippen molar-refractivity contribution in [3.63, 3.8) is 0 Å². The third kappa shape index (κ3) is 5.64. The molecule has 1 amide bonds. The lowest BCUT2D eigenvalue weighted by molar-refractivity contribution is -0.116. The maximum atomic E-state index is 12.4. The summed E-state index contributed by atoms with van der Waals surface area (Å²) in [5, 5.41) is 3.48. The van der Waals surface area contributed by atoms with Crippen LogP contribution in [-0.2, 0) is 11.2 Å². The highest BCUT2D eigenvalue weighted by molar-refractivity contribution is 9.10. The highest BCUT2D eigenvalue weighted by Gasteiger charge is 2.17. The van der Waals surface area contributed by atoms with Crippen molar-refractivity contribution in [3.8, 4) is 11.3 Å². The van der Waals surface area contributed by atoms with E-state index in [4.69, 9.17) is 4.98 Å². The van der Waals surface area contributed by atoms with Crippen molar-refractivity contribution in [1.82, 2.24) is 4.98 Å². The van der Waals surface area contributed by atoms with E-state index < -0.39 is 0 Å². The number of halogens is 1. The number of carbonyl (C=O) groups excluding carboxylic acids is 2. The second kappa shape index (κ2) is 10.1. The van der Waals surface area contributed by atoms with Crippen molar-refractivity contribution in [2.45, 2.75) is 46.5 Å². The Morgan fingerprint density at radius 1 is 1.07 bits per heavy atom. The third-order valence-electron chi connectivity index (χ3n) is 4.81. The average molecular weight is 485 g/mol. The topological polar surface area (TPSA) is 59.1 Å². The first kappa shape index (κ1) is 22.4. The fourth-order valence-corrected chi connectivity index (χ4v) is 4.55. The van der Waals surface area contributed by atoms with Crippen LogP contribution in [0, 0.1) is 13.8 Å². The van der Waals surface area contributed by atoms with E-state index in [2.05, 4.69) is 60.2 Å². The second-order valence-corrected chi connectivity index (χ2v) is 9.34. The minimum atomic E-state index is -0.190. The molecular weight excluding hydrogens is 460 g/mol. The Kier molecular flexibility index (Phi) is 7.56. The number of ketones is 1. The normalized spacial score (nSPS) is 10.8. The van der Waals surface area contributed by atoms with E-state index in [0.29, 0.717) is 10.7 Å². The molecule has 2 aromatic carbocycles. The van der Waals surface area contributed by atoms with E-state index in [-0.39, 0.29) is 24.5 Å². The van der Waals surface area contributed by atoms with Crippen LogP contribution >= 0.6 is 27.3 Å². The summed E-state index contributed by atoms with van der Waals surface area (Å²) >= 11 is 4.88. The van der Waals surface area contributed by atoms with Crippen LogP contribution in [0.25, 0.3) is 11.3 Å². The van der Waals surface area contributed by atoms with E-state index in [1.54, 1.807) is 12.1 Å². The van der Waals surface area contributed by atoms with Crippen LogP contribution in [-0.4, -0.2) is 16.7 Å². The number of amides is 1. The zero-order chi connectivity index (χ0) is 21.7. The van der Waals surface area contributed by atoms with Crippen molar-refractivity contribution in [3.05, 3.63) is 68.5 Å². The van der Waals surface area contributed by atoms with Crippen LogP contribution < -0.4 is 5.32 Å². The fourth-order valence-electron chi connectivity index (χ4n) is 3.19. The molecule has 0 radical (unpaired) electrons. The van der Waals surface area contributed by atoms with Crippen LogP contribution in [0.5, 0.6) is 0 Å². The van der Waals surface area contributed by atoms with Gasteiger partial charge in [-0.3, -0.25) is 9.59 Å². The molecule has 0 saturated heterocycles. The monoisotopic (exact) mass is 484 g/mol. The Morgan fingerprint density at radius 3 is 2.50 bits per heavy atom. The summed E-state index contributed by atoms with van der Waals surface area (Å²) in [7, 11) is 0. The molecule has 1 aromatic heterocycles. The fraction of sp³-hybridized carbons (Fsp3) is 0.292. The summed E-state index contributed by atoms with van der Waals surface area (Å²) < 4.78 is 0.920. The van der Waals surface area contributed by atoms with Gasteiger partial charge < -0.3 is 5.32 Å². The molecule has 0 aliphatic carbocycles. The van der Waals surface area contributed by atoms with Crippen LogP contribution in [0.15, 0.2) is 46.9 Å². The van der Waals surface area contributed by atoms with Crippen LogP contribution in [0.1, 0.15) is 52.5 Å². The number of aromatic nitrogens is 1. The van der Waals surface area contributed by atoms with Gasteiger partial charge in [0.2, 0.25) is 5.91 Å². The molecule has 0 fully saturated rings. The first-order valence-corrected chi connectivity index (χ1v) is 11.6. The predicted octanol–water partition coefficient (Wildman–Crippen LogP) is 6.74. The molecule has 6 heteroatoms. The number of benzene rings is 2. The lowest BCUT2D eigenvalue weighted by Crippen LogP contribution is -2.13. The maximum Gasteiger partial charge on any atom is 0.226 e. The van der Waals surface area contributed by atoms with Gasteiger partial charge in [0.15, 0.2) is 10.9 Å². The van der Waals surface area contributed by atoms with E-state index in [1.165, 1.54) is 27.3 Å². The quantitative estimate of drug-likeness (QED) is 0.360. The van der Waals surface area contributed by atoms with Crippen LogP contribution in [0.3, 0.4) is 0 Å². The van der Waals surface area contributed by atoms with Gasteiger partial charge in [-0.05, 0) is 44.0 Å². The lowest BCUT2D eigenvalue weighted by atomic mass is 10.0. The van der Waals surface area contributed by atoms with Gasteiger partial charge in [0, 0.05) is 33.3 Å². The van der Waals surface area contributed by atoms with Gasteiger partial charge in [0.05, 0.1) is 5.69 Å². The Labute approximate surface area is 189 Å². The van der Waals surface area contributed by atoms with Crippen LogP contribution in [0.2, 0.25) is 0 Å². The van der Waals surface area contributed by atoms with Crippen molar-refractivity contribution in [2.24, 2.45) is 0 Å². The zero-order valence-corrected chi connectivity index (χ0v) is 19.8. The van der Waals surface area contributed by atoms with Crippen molar-refractivity contribution >= 4 is 44.1 Å². The van der Waals surface area contributed by atoms with Gasteiger partial charge in [-0.1, -0.05) is 59.1 Å². The maximum absolute atomic E-state index is 12.4. The molecule has 0 aliphatic heterocycles. The first-order valence-electron chi connectivity index (χ1n) is 10.0. The summed E-state index contributed by atoms with van der Waals surface area (Å²) in [5.74, 6) is -0.232. The SMILES string of the molecule is CCCc1sc(NC(=O)CCC(=O)c2ccc(Br)cc2)nc1-c1cc(C)ccc1C. The Morgan fingerprint density at radius 2 is 1.80 bits per heavy atom. The largest absolute Gasteiger partial charge is 0.302 e. The summed E-state index contributed by atoms with van der Waals surface area (Å²) in [6, 6.07) is 13.5. The lowest BCUT2D eigenvalue weighted by Gasteiger charge is -2.06. The number of nitrogens with zero attached hydrogens (tertiary/aromatic N) is 1. The van der Waals surface area contributed by atoms with Crippen molar-refractivity contribution < 1.29 is 9.59 Å². The number of hydrogen-bond acceptors (Lipinski definition) is 4. The molecule has 3 rings (SSSR count). The minimum Gasteiger partial charge on any atom is -0.302 e. The number of thiazole rings is 1. The summed E-state index contributed by atoms with van der Waals surface area (Å²) in [6.07, 6.45) is 2.23. The number of rotatable bonds is 8. The van der Waals surface area contributed by atoms with Gasteiger partial charge in [-0.25, -0.2) is 4.98 Å². The van der Waals surface area contributed by atoms with Gasteiger partial charge in [-0.2, -0.15) is 0 Å². The molecule has 3 aromatic rings. The Balaban J connectivity index is 1.70. The molecule has 0 bridgehead atoms. The third-order valence-corrected chi connectivity index (χ3v) is 6.37. The number of anilines is 1. The highest BCUT2D eigenvalue weighted by Crippen LogP contribution is 2.34. The molecule has 0 saturated carbocycles. The molecule has 0 spiro atoms. The van der Waals surface area contributed by atoms with Gasteiger partial charge in [-0.15, -0.1) is 11.3 Å². The second-order valence-electron chi connectivity index (χ2n) is 7.34. The molecule has 1 N–H and O–H groups in total. The molecular formula is C24H25BrN2O2S. The van der Waals surface area contributed by atoms with E-state index in [0.717, 1.165) is 28.6 Å². The molecule has 0 unspecified atom stereocenters. The molecule has 30 heavy (non-hydrogen) atoms. The zero-order valence-electron chi connectivity index (χ0n) is 17.4. The first-order chi connectivity index (χ1) is 14.4. The number of carbonyl (C=O) groups is 2. The summed E-state index contributed by atoms with van der Waals surface area (Å²) in [4.78, 5) is 30.6. The number of nitrogens with one attached hydrogen (secondary N) is 1. The minimum absolute atomic E-state index is 0.0421. The van der Waals surface area contributed by atoms with Crippen LogP contribution in [0.4, 0.5) is 5.13 Å². The number of Topliss-reactive ketones (excluding diaryl/α,β-unsaturated/α-hetero) is 1. The van der Waals surface area contributed by atoms with Crippen molar-refractivity contribution in [1.29, 1.82) is 0 Å². The predicted molar refractivity (Wildman–Crippen MR) is 127 cm³/mol. The highest BCUT2D eigenvalue weighted by atomic mass is 79.9. The standard InChI is InChI=1S/C24H25BrN2O2S/c1-4-5-21-23(19-14-15(2)6-7-16(19)3)27-24(30-21)26-22(29)13-12-20(28)17-8-10-18(25)11-9-17/h6-11,14H,4-5,12-13H2,1-3H3,(H,26,27,29). The number of aryl methyl sites for hydroxylation is 3. The summed E-state index contributed by atoms with van der Waals surface area (Å²) in [5.41, 5.74) is 5.02. The van der Waals surface area contributed by atoms with E-state index in [9.17, 15) is 9.59 Å². The smallest absolute Gasteiger partial charge is 0.226 e. The Bertz CT molecular complexity index is 1060. The molecule has 1 heterocycles. The van der Waals surface area contributed by atoms with Gasteiger partial charge >= 0.3 is 0 Å². The number of hydrogen-bond donors (Lipinski definition) is 1. The summed E-state index contributed by atoms with van der Waals surface area (Å²) in [6.45, 7) is 6.29. The van der Waals surface area contributed by atoms with Gasteiger partial charge in [0.1, 0.15) is 0 Å².